The summed E-state index contributed by atoms with van der Waals surface area (Å²) in [6, 6.07) is 18.1. The summed E-state index contributed by atoms with van der Waals surface area (Å²) in [7, 11) is 5.04. The molecule has 3 aromatic rings. The summed E-state index contributed by atoms with van der Waals surface area (Å²) in [5.74, 6) is 2.76. The lowest BCUT2D eigenvalue weighted by molar-refractivity contribution is 0.0743. The van der Waals surface area contributed by atoms with Crippen LogP contribution in [0.5, 0.6) is 17.2 Å². The van der Waals surface area contributed by atoms with E-state index in [2.05, 4.69) is 28.0 Å². The van der Waals surface area contributed by atoms with Crippen molar-refractivity contribution in [2.24, 2.45) is 0 Å². The van der Waals surface area contributed by atoms with E-state index in [-0.39, 0.29) is 11.8 Å². The summed E-state index contributed by atoms with van der Waals surface area (Å²) in [6.07, 6.45) is 1.93. The molecule has 0 unspecified atom stereocenters. The number of aromatic nitrogens is 1. The summed E-state index contributed by atoms with van der Waals surface area (Å²) in [4.78, 5) is 25.4. The lowest BCUT2D eigenvalue weighted by atomic mass is 9.89. The van der Waals surface area contributed by atoms with Crippen molar-refractivity contribution in [3.63, 3.8) is 0 Å². The van der Waals surface area contributed by atoms with Gasteiger partial charge in [0.15, 0.2) is 11.5 Å². The quantitative estimate of drug-likeness (QED) is 0.405. The molecule has 0 N–H and O–H groups in total. The van der Waals surface area contributed by atoms with Gasteiger partial charge in [0.2, 0.25) is 0 Å². The van der Waals surface area contributed by atoms with Crippen LogP contribution < -0.4 is 19.1 Å². The van der Waals surface area contributed by atoms with Gasteiger partial charge >= 0.3 is 0 Å². The molecule has 212 valence electrons. The van der Waals surface area contributed by atoms with Gasteiger partial charge in [-0.3, -0.25) is 14.7 Å². The average molecular weight is 545 g/mol. The van der Waals surface area contributed by atoms with Crippen molar-refractivity contribution in [2.75, 3.05) is 65.5 Å². The molecule has 2 saturated heterocycles. The topological polar surface area (TPSA) is 67.4 Å². The maximum absolute atomic E-state index is 13.8. The number of aryl methyl sites for hydroxylation is 1. The van der Waals surface area contributed by atoms with E-state index in [0.29, 0.717) is 13.1 Å². The number of likely N-dealkylation sites (tertiary alicyclic amines) is 1. The van der Waals surface area contributed by atoms with Gasteiger partial charge in [0.25, 0.3) is 5.91 Å². The van der Waals surface area contributed by atoms with E-state index in [1.165, 1.54) is 0 Å². The third-order valence-corrected chi connectivity index (χ3v) is 8.13. The molecule has 8 nitrogen and oxygen atoms in total. The molecule has 0 spiro atoms. The zero-order chi connectivity index (χ0) is 28.1. The highest BCUT2D eigenvalue weighted by atomic mass is 16.5. The van der Waals surface area contributed by atoms with Gasteiger partial charge in [-0.15, -0.1) is 0 Å². The number of hydrogen-bond acceptors (Lipinski definition) is 7. The third kappa shape index (κ3) is 6.02. The van der Waals surface area contributed by atoms with Crippen LogP contribution in [-0.2, 0) is 6.54 Å². The van der Waals surface area contributed by atoms with Crippen molar-refractivity contribution >= 4 is 11.6 Å². The Hall–Kier alpha value is -3.78. The van der Waals surface area contributed by atoms with E-state index in [4.69, 9.17) is 19.2 Å². The van der Waals surface area contributed by atoms with Crippen molar-refractivity contribution in [2.45, 2.75) is 32.2 Å². The number of para-hydroxylation sites is 1. The number of hydrogen-bond donors (Lipinski definition) is 0. The molecule has 2 aromatic carbocycles. The molecule has 2 fully saturated rings. The van der Waals surface area contributed by atoms with Crippen LogP contribution in [0.1, 0.15) is 46.1 Å². The number of nitrogens with zero attached hydrogens (tertiary/aromatic N) is 4. The highest BCUT2D eigenvalue weighted by molar-refractivity contribution is 5.95. The van der Waals surface area contributed by atoms with Crippen molar-refractivity contribution < 1.29 is 19.0 Å². The number of methoxy groups -OCH3 is 3. The molecule has 5 rings (SSSR count). The van der Waals surface area contributed by atoms with Crippen molar-refractivity contribution in [3.8, 4) is 17.2 Å². The second kappa shape index (κ2) is 12.6. The first-order valence-electron chi connectivity index (χ1n) is 14.1. The minimum atomic E-state index is 0.0938. The molecule has 0 atom stereocenters. The van der Waals surface area contributed by atoms with Gasteiger partial charge in [-0.1, -0.05) is 18.2 Å². The van der Waals surface area contributed by atoms with Crippen LogP contribution in [-0.4, -0.2) is 81.3 Å². The van der Waals surface area contributed by atoms with Crippen LogP contribution in [0, 0.1) is 6.92 Å². The number of carbonyl (C=O) groups is 1. The van der Waals surface area contributed by atoms with Gasteiger partial charge in [-0.05, 0) is 63.2 Å². The van der Waals surface area contributed by atoms with Crippen LogP contribution in [0.3, 0.4) is 0 Å². The number of piperazine rings is 1. The molecular weight excluding hydrogens is 504 g/mol. The normalized spacial score (nSPS) is 16.6. The highest BCUT2D eigenvalue weighted by Gasteiger charge is 2.30. The molecule has 0 radical (unpaired) electrons. The number of amides is 1. The number of benzene rings is 2. The Morgan fingerprint density at radius 2 is 1.62 bits per heavy atom. The van der Waals surface area contributed by atoms with Gasteiger partial charge < -0.3 is 24.0 Å². The van der Waals surface area contributed by atoms with Gasteiger partial charge in [-0.2, -0.15) is 0 Å². The molecule has 0 aliphatic carbocycles. The summed E-state index contributed by atoms with van der Waals surface area (Å²) in [6.45, 7) is 7.64. The Balaban J connectivity index is 1.23. The maximum Gasteiger partial charge on any atom is 0.255 e. The maximum atomic E-state index is 13.8. The number of piperidine rings is 1. The first-order chi connectivity index (χ1) is 19.5. The summed E-state index contributed by atoms with van der Waals surface area (Å²) in [5, 5.41) is 0. The smallest absolute Gasteiger partial charge is 0.255 e. The number of anilines is 1. The molecule has 0 saturated carbocycles. The SMILES string of the molecule is COc1cccc(N2CCN(C(=O)c3ccc(C)nc3C3CCN(Cc4cccc(OC)c4OC)CC3)CC2)c1. The number of pyridine rings is 1. The highest BCUT2D eigenvalue weighted by Crippen LogP contribution is 2.34. The first-order valence-corrected chi connectivity index (χ1v) is 14.1. The first kappa shape index (κ1) is 27.8. The summed E-state index contributed by atoms with van der Waals surface area (Å²) >= 11 is 0. The predicted octanol–water partition coefficient (Wildman–Crippen LogP) is 4.76. The molecule has 1 amide bonds. The van der Waals surface area contributed by atoms with Crippen LogP contribution in [0.2, 0.25) is 0 Å². The fourth-order valence-corrected chi connectivity index (χ4v) is 5.90. The Bertz CT molecular complexity index is 1310. The molecule has 0 bridgehead atoms. The monoisotopic (exact) mass is 544 g/mol. The minimum absolute atomic E-state index is 0.0938. The third-order valence-electron chi connectivity index (χ3n) is 8.13. The molecular formula is C32H40N4O4. The van der Waals surface area contributed by atoms with Gasteiger partial charge in [0.05, 0.1) is 32.6 Å². The minimum Gasteiger partial charge on any atom is -0.497 e. The van der Waals surface area contributed by atoms with Gasteiger partial charge in [0, 0.05) is 61.7 Å². The molecule has 8 heteroatoms. The molecule has 40 heavy (non-hydrogen) atoms. The second-order valence-corrected chi connectivity index (χ2v) is 10.6. The van der Waals surface area contributed by atoms with E-state index in [0.717, 1.165) is 91.0 Å². The number of carbonyl (C=O) groups excluding carboxylic acids is 1. The lowest BCUT2D eigenvalue weighted by Gasteiger charge is -2.37. The molecule has 1 aromatic heterocycles. The van der Waals surface area contributed by atoms with E-state index < -0.39 is 0 Å². The number of ether oxygens (including phenoxy) is 3. The Kier molecular flexibility index (Phi) is 8.75. The molecule has 2 aliphatic heterocycles. The largest absolute Gasteiger partial charge is 0.497 e. The standard InChI is InChI=1S/C32H40N4O4/c1-23-11-12-28(32(37)36-19-17-35(18-20-36)26-8-6-9-27(21-26)38-2)30(33-23)24-13-15-34(16-14-24)22-25-7-5-10-29(39-3)31(25)40-4/h5-12,21,24H,13-20,22H2,1-4H3. The Labute approximate surface area is 237 Å². The van der Waals surface area contributed by atoms with Crippen LogP contribution >= 0.6 is 0 Å². The zero-order valence-electron chi connectivity index (χ0n) is 24.1. The van der Waals surface area contributed by atoms with Crippen LogP contribution in [0.4, 0.5) is 5.69 Å². The Morgan fingerprint density at radius 1 is 0.875 bits per heavy atom. The Morgan fingerprint density at radius 3 is 2.33 bits per heavy atom. The van der Waals surface area contributed by atoms with E-state index >= 15 is 0 Å². The lowest BCUT2D eigenvalue weighted by Crippen LogP contribution is -2.49. The zero-order valence-corrected chi connectivity index (χ0v) is 24.1. The average Bonchev–Trinajstić information content (AvgIpc) is 3.01. The van der Waals surface area contributed by atoms with Crippen LogP contribution in [0.15, 0.2) is 54.6 Å². The van der Waals surface area contributed by atoms with Gasteiger partial charge in [-0.25, -0.2) is 0 Å². The number of rotatable bonds is 8. The predicted molar refractivity (Wildman–Crippen MR) is 157 cm³/mol. The van der Waals surface area contributed by atoms with Crippen molar-refractivity contribution in [1.82, 2.24) is 14.8 Å². The van der Waals surface area contributed by atoms with E-state index in [9.17, 15) is 4.79 Å². The van der Waals surface area contributed by atoms with Gasteiger partial charge in [0.1, 0.15) is 5.75 Å². The fraction of sp³-hybridized carbons (Fsp3) is 0.438. The molecule has 3 heterocycles. The van der Waals surface area contributed by atoms with Crippen molar-refractivity contribution in [1.29, 1.82) is 0 Å². The van der Waals surface area contributed by atoms with Crippen molar-refractivity contribution in [3.05, 3.63) is 77.1 Å². The molecule has 2 aliphatic rings. The fourth-order valence-electron chi connectivity index (χ4n) is 5.90. The second-order valence-electron chi connectivity index (χ2n) is 10.6. The summed E-state index contributed by atoms with van der Waals surface area (Å²) < 4.78 is 16.5. The summed E-state index contributed by atoms with van der Waals surface area (Å²) in [5.41, 5.74) is 4.92. The van der Waals surface area contributed by atoms with E-state index in [1.54, 1.807) is 21.3 Å². The van der Waals surface area contributed by atoms with Crippen LogP contribution in [0.25, 0.3) is 0 Å². The van der Waals surface area contributed by atoms with E-state index in [1.807, 2.05) is 48.2 Å².